The van der Waals surface area contributed by atoms with Gasteiger partial charge in [-0.25, -0.2) is 0 Å². The number of benzene rings is 1. The molecule has 0 aromatic heterocycles. The lowest BCUT2D eigenvalue weighted by molar-refractivity contribution is 0.126. The summed E-state index contributed by atoms with van der Waals surface area (Å²) < 4.78 is 0. The highest BCUT2D eigenvalue weighted by Crippen LogP contribution is 2.12. The van der Waals surface area contributed by atoms with Gasteiger partial charge in [-0.05, 0) is 31.0 Å². The Labute approximate surface area is 112 Å². The zero-order valence-electron chi connectivity index (χ0n) is 11.9. The summed E-state index contributed by atoms with van der Waals surface area (Å²) >= 11 is 0. The fourth-order valence-electron chi connectivity index (χ4n) is 2.58. The van der Waals surface area contributed by atoms with Gasteiger partial charge < -0.3 is 4.90 Å². The van der Waals surface area contributed by atoms with E-state index < -0.39 is 0 Å². The summed E-state index contributed by atoms with van der Waals surface area (Å²) in [7, 11) is 0. The quantitative estimate of drug-likeness (QED) is 0.788. The summed E-state index contributed by atoms with van der Waals surface area (Å²) in [6.45, 7) is 11.8. The van der Waals surface area contributed by atoms with Gasteiger partial charge in [-0.1, -0.05) is 37.6 Å². The van der Waals surface area contributed by atoms with Crippen LogP contribution in [0, 0.1) is 6.92 Å². The fraction of sp³-hybridized carbons (Fsp3) is 0.625. The summed E-state index contributed by atoms with van der Waals surface area (Å²) in [4.78, 5) is 5.20. The second kappa shape index (κ2) is 6.91. The molecule has 2 rings (SSSR count). The molecule has 0 aliphatic carbocycles. The molecule has 1 saturated heterocycles. The van der Waals surface area contributed by atoms with E-state index in [-0.39, 0.29) is 0 Å². The Morgan fingerprint density at radius 2 is 1.67 bits per heavy atom. The normalized spacial score (nSPS) is 18.1. The van der Waals surface area contributed by atoms with Crippen molar-refractivity contribution in [3.8, 4) is 0 Å². The molecular formula is C16H26N2. The molecule has 0 saturated carbocycles. The van der Waals surface area contributed by atoms with E-state index in [0.29, 0.717) is 0 Å². The van der Waals surface area contributed by atoms with E-state index >= 15 is 0 Å². The molecule has 0 unspecified atom stereocenters. The molecule has 1 aromatic rings. The van der Waals surface area contributed by atoms with Crippen molar-refractivity contribution < 1.29 is 0 Å². The average Bonchev–Trinajstić information content (AvgIpc) is 2.41. The molecule has 0 spiro atoms. The van der Waals surface area contributed by atoms with Crippen LogP contribution in [-0.2, 0) is 6.54 Å². The van der Waals surface area contributed by atoms with E-state index in [1.165, 1.54) is 56.7 Å². The largest absolute Gasteiger partial charge is 0.301 e. The number of hydrogen-bond acceptors (Lipinski definition) is 2. The molecule has 1 fully saturated rings. The lowest BCUT2D eigenvalue weighted by atomic mass is 10.1. The van der Waals surface area contributed by atoms with Crippen molar-refractivity contribution in [1.29, 1.82) is 0 Å². The molecule has 1 aromatic carbocycles. The van der Waals surface area contributed by atoms with Crippen molar-refractivity contribution >= 4 is 0 Å². The Bertz CT molecular complexity index is 354. The smallest absolute Gasteiger partial charge is 0.0237 e. The molecule has 0 bridgehead atoms. The number of hydrogen-bond donors (Lipinski definition) is 0. The minimum atomic E-state index is 1.12. The zero-order chi connectivity index (χ0) is 12.8. The van der Waals surface area contributed by atoms with E-state index in [2.05, 4.69) is 47.9 Å². The van der Waals surface area contributed by atoms with E-state index in [1.54, 1.807) is 0 Å². The van der Waals surface area contributed by atoms with Crippen LogP contribution in [0.25, 0.3) is 0 Å². The molecule has 1 aliphatic rings. The highest BCUT2D eigenvalue weighted by atomic mass is 15.3. The summed E-state index contributed by atoms with van der Waals surface area (Å²) in [5.41, 5.74) is 2.91. The first-order valence-electron chi connectivity index (χ1n) is 7.29. The molecule has 2 heteroatoms. The lowest BCUT2D eigenvalue weighted by Crippen LogP contribution is -2.46. The standard InChI is InChI=1S/C16H26N2/c1-3-4-9-17-10-12-18(13-11-17)14-16-8-6-5-7-15(16)2/h5-8H,3-4,9-14H2,1-2H3. The number of unbranched alkanes of at least 4 members (excludes halogenated alkanes) is 1. The molecule has 100 valence electrons. The highest BCUT2D eigenvalue weighted by molar-refractivity contribution is 5.25. The first kappa shape index (κ1) is 13.6. The molecular weight excluding hydrogens is 220 g/mol. The van der Waals surface area contributed by atoms with Crippen molar-refractivity contribution in [2.45, 2.75) is 33.2 Å². The highest BCUT2D eigenvalue weighted by Gasteiger charge is 2.16. The van der Waals surface area contributed by atoms with Gasteiger partial charge in [-0.3, -0.25) is 4.90 Å². The van der Waals surface area contributed by atoms with Gasteiger partial charge in [-0.2, -0.15) is 0 Å². The van der Waals surface area contributed by atoms with Crippen LogP contribution in [0.1, 0.15) is 30.9 Å². The van der Waals surface area contributed by atoms with Crippen molar-refractivity contribution in [3.63, 3.8) is 0 Å². The second-order valence-corrected chi connectivity index (χ2v) is 5.40. The Kier molecular flexibility index (Phi) is 5.21. The second-order valence-electron chi connectivity index (χ2n) is 5.40. The summed E-state index contributed by atoms with van der Waals surface area (Å²) in [6, 6.07) is 8.76. The fourth-order valence-corrected chi connectivity index (χ4v) is 2.58. The number of rotatable bonds is 5. The first-order valence-corrected chi connectivity index (χ1v) is 7.29. The molecule has 0 atom stereocenters. The summed E-state index contributed by atoms with van der Waals surface area (Å²) in [6.07, 6.45) is 2.65. The van der Waals surface area contributed by atoms with Crippen LogP contribution in [-0.4, -0.2) is 42.5 Å². The molecule has 18 heavy (non-hydrogen) atoms. The van der Waals surface area contributed by atoms with E-state index in [0.717, 1.165) is 6.54 Å². The third kappa shape index (κ3) is 3.82. The van der Waals surface area contributed by atoms with Crippen molar-refractivity contribution in [3.05, 3.63) is 35.4 Å². The molecule has 2 nitrogen and oxygen atoms in total. The van der Waals surface area contributed by atoms with Crippen molar-refractivity contribution in [2.75, 3.05) is 32.7 Å². The van der Waals surface area contributed by atoms with Crippen molar-refractivity contribution in [2.24, 2.45) is 0 Å². The van der Waals surface area contributed by atoms with Crippen LogP contribution in [0.15, 0.2) is 24.3 Å². The predicted octanol–water partition coefficient (Wildman–Crippen LogP) is 2.91. The Morgan fingerprint density at radius 1 is 1.00 bits per heavy atom. The van der Waals surface area contributed by atoms with E-state index in [1.807, 2.05) is 0 Å². The Morgan fingerprint density at radius 3 is 2.33 bits per heavy atom. The van der Waals surface area contributed by atoms with Crippen molar-refractivity contribution in [1.82, 2.24) is 9.80 Å². The van der Waals surface area contributed by atoms with Gasteiger partial charge in [0.2, 0.25) is 0 Å². The van der Waals surface area contributed by atoms with Crippen LogP contribution in [0.5, 0.6) is 0 Å². The third-order valence-corrected chi connectivity index (χ3v) is 3.95. The minimum Gasteiger partial charge on any atom is -0.301 e. The first-order chi connectivity index (χ1) is 8.79. The zero-order valence-corrected chi connectivity index (χ0v) is 11.9. The molecule has 0 radical (unpaired) electrons. The van der Waals surface area contributed by atoms with Crippen LogP contribution < -0.4 is 0 Å². The molecule has 0 amide bonds. The van der Waals surface area contributed by atoms with E-state index in [4.69, 9.17) is 0 Å². The topological polar surface area (TPSA) is 6.48 Å². The van der Waals surface area contributed by atoms with Gasteiger partial charge in [0.1, 0.15) is 0 Å². The van der Waals surface area contributed by atoms with Gasteiger partial charge in [0, 0.05) is 32.7 Å². The SMILES string of the molecule is CCCCN1CCN(Cc2ccccc2C)CC1. The summed E-state index contributed by atoms with van der Waals surface area (Å²) in [5, 5.41) is 0. The van der Waals surface area contributed by atoms with Crippen LogP contribution in [0.3, 0.4) is 0 Å². The van der Waals surface area contributed by atoms with Gasteiger partial charge in [0.25, 0.3) is 0 Å². The monoisotopic (exact) mass is 246 g/mol. The van der Waals surface area contributed by atoms with Gasteiger partial charge in [0.05, 0.1) is 0 Å². The van der Waals surface area contributed by atoms with Crippen LogP contribution in [0.2, 0.25) is 0 Å². The van der Waals surface area contributed by atoms with Crippen LogP contribution >= 0.6 is 0 Å². The Hall–Kier alpha value is -0.860. The maximum Gasteiger partial charge on any atom is 0.0237 e. The third-order valence-electron chi connectivity index (χ3n) is 3.95. The summed E-state index contributed by atoms with van der Waals surface area (Å²) in [5.74, 6) is 0. The maximum absolute atomic E-state index is 2.61. The molecule has 1 heterocycles. The molecule has 0 N–H and O–H groups in total. The lowest BCUT2D eigenvalue weighted by Gasteiger charge is -2.34. The van der Waals surface area contributed by atoms with Gasteiger partial charge >= 0.3 is 0 Å². The van der Waals surface area contributed by atoms with Gasteiger partial charge in [-0.15, -0.1) is 0 Å². The van der Waals surface area contributed by atoms with E-state index in [9.17, 15) is 0 Å². The van der Waals surface area contributed by atoms with Gasteiger partial charge in [0.15, 0.2) is 0 Å². The Balaban J connectivity index is 1.78. The molecule has 1 aliphatic heterocycles. The predicted molar refractivity (Wildman–Crippen MR) is 77.8 cm³/mol. The minimum absolute atomic E-state index is 1.12. The average molecular weight is 246 g/mol. The number of nitrogens with zero attached hydrogens (tertiary/aromatic N) is 2. The number of aryl methyl sites for hydroxylation is 1. The maximum atomic E-state index is 2.61. The van der Waals surface area contributed by atoms with Crippen LogP contribution in [0.4, 0.5) is 0 Å². The number of piperazine rings is 1.